The summed E-state index contributed by atoms with van der Waals surface area (Å²) in [5.74, 6) is -1.73. The van der Waals surface area contributed by atoms with E-state index in [1.165, 1.54) is 35.8 Å². The molecule has 3 aromatic rings. The zero-order chi connectivity index (χ0) is 20.6. The first-order chi connectivity index (χ1) is 14.1. The Morgan fingerprint density at radius 2 is 1.76 bits per heavy atom. The average Bonchev–Trinajstić information content (AvgIpc) is 3.44. The Bertz CT molecular complexity index is 1020. The lowest BCUT2D eigenvalue weighted by Gasteiger charge is -2.10. The van der Waals surface area contributed by atoms with E-state index < -0.39 is 24.5 Å². The molecule has 29 heavy (non-hydrogen) atoms. The number of para-hydroxylation sites is 1. The van der Waals surface area contributed by atoms with Gasteiger partial charge in [0.05, 0.1) is 23.9 Å². The van der Waals surface area contributed by atoms with Gasteiger partial charge in [-0.15, -0.1) is 22.7 Å². The summed E-state index contributed by atoms with van der Waals surface area (Å²) in [4.78, 5) is 38.3. The number of nitrogens with one attached hydrogen (secondary N) is 1. The van der Waals surface area contributed by atoms with Crippen molar-refractivity contribution >= 4 is 57.9 Å². The van der Waals surface area contributed by atoms with Crippen molar-refractivity contribution in [3.8, 4) is 0 Å². The van der Waals surface area contributed by atoms with Gasteiger partial charge < -0.3 is 14.8 Å². The summed E-state index contributed by atoms with van der Waals surface area (Å²) >= 11 is 2.91. The summed E-state index contributed by atoms with van der Waals surface area (Å²) < 4.78 is 9.91. The summed E-state index contributed by atoms with van der Waals surface area (Å²) in [6, 6.07) is 13.9. The molecule has 2 heterocycles. The first-order valence-corrected chi connectivity index (χ1v) is 10.3. The average molecular weight is 428 g/mol. The Hall–Kier alpha value is -3.23. The number of ether oxygens (including phenoxy) is 2. The van der Waals surface area contributed by atoms with Gasteiger partial charge in [0, 0.05) is 9.75 Å². The van der Waals surface area contributed by atoms with Crippen LogP contribution in [0.1, 0.15) is 20.1 Å². The molecular formula is C21H17NO5S2. The number of thiophene rings is 2. The third kappa shape index (κ3) is 5.40. The molecule has 0 atom stereocenters. The second-order valence-corrected chi connectivity index (χ2v) is 7.64. The van der Waals surface area contributed by atoms with Crippen LogP contribution in [-0.4, -0.2) is 31.6 Å². The fourth-order valence-electron chi connectivity index (χ4n) is 2.45. The van der Waals surface area contributed by atoms with Crippen LogP contribution in [0.2, 0.25) is 0 Å². The van der Waals surface area contributed by atoms with Crippen molar-refractivity contribution in [1.82, 2.24) is 0 Å². The van der Waals surface area contributed by atoms with Gasteiger partial charge >= 0.3 is 11.9 Å². The van der Waals surface area contributed by atoms with Crippen molar-refractivity contribution in [1.29, 1.82) is 0 Å². The van der Waals surface area contributed by atoms with Gasteiger partial charge in [0.2, 0.25) is 0 Å². The molecule has 0 aliphatic carbocycles. The minimum Gasteiger partial charge on any atom is -0.465 e. The van der Waals surface area contributed by atoms with Crippen LogP contribution in [0.4, 0.5) is 5.69 Å². The molecule has 6 nitrogen and oxygen atoms in total. The van der Waals surface area contributed by atoms with Crippen LogP contribution >= 0.6 is 22.7 Å². The fourth-order valence-corrected chi connectivity index (χ4v) is 3.84. The van der Waals surface area contributed by atoms with Gasteiger partial charge in [-0.3, -0.25) is 4.79 Å². The van der Waals surface area contributed by atoms with Crippen LogP contribution in [-0.2, 0) is 19.1 Å². The molecule has 0 bridgehead atoms. The predicted molar refractivity (Wildman–Crippen MR) is 114 cm³/mol. The monoisotopic (exact) mass is 427 g/mol. The molecule has 2 aromatic heterocycles. The second-order valence-electron chi connectivity index (χ2n) is 5.71. The first-order valence-electron chi connectivity index (χ1n) is 8.52. The molecule has 1 aromatic carbocycles. The quantitative estimate of drug-likeness (QED) is 0.449. The molecule has 1 N–H and O–H groups in total. The molecule has 0 aliphatic rings. The molecule has 1 amide bonds. The number of carbonyl (C=O) groups excluding carboxylic acids is 3. The Labute approximate surface area is 175 Å². The molecule has 0 unspecified atom stereocenters. The molecule has 0 saturated heterocycles. The molecule has 0 radical (unpaired) electrons. The number of esters is 2. The summed E-state index contributed by atoms with van der Waals surface area (Å²) in [6.07, 6.45) is 1.74. The molecule has 148 valence electrons. The van der Waals surface area contributed by atoms with Crippen LogP contribution < -0.4 is 5.32 Å². The van der Waals surface area contributed by atoms with Gasteiger partial charge in [0.1, 0.15) is 0 Å². The lowest BCUT2D eigenvalue weighted by molar-refractivity contribution is -0.141. The number of hydrogen-bond donors (Lipinski definition) is 1. The van der Waals surface area contributed by atoms with E-state index in [0.717, 1.165) is 9.75 Å². The first kappa shape index (κ1) is 20.5. The maximum absolute atomic E-state index is 12.6. The Kier molecular flexibility index (Phi) is 6.94. The standard InChI is InChI=1S/C21H17NO5S2/c1-26-20(24)15-7-2-3-8-17(15)22-19(23)13-27-21(25)16(18-9-5-11-29-18)12-14-6-4-10-28-14/h2-12H,13H2,1H3,(H,22,23)/b16-12+. The van der Waals surface area contributed by atoms with Gasteiger partial charge in [-0.1, -0.05) is 24.3 Å². The number of rotatable bonds is 7. The van der Waals surface area contributed by atoms with Gasteiger partial charge in [-0.2, -0.15) is 0 Å². The third-order valence-electron chi connectivity index (χ3n) is 3.78. The Morgan fingerprint density at radius 1 is 1.00 bits per heavy atom. The van der Waals surface area contributed by atoms with Crippen LogP contribution in [0.5, 0.6) is 0 Å². The van der Waals surface area contributed by atoms with Crippen LogP contribution in [0.3, 0.4) is 0 Å². The highest BCUT2D eigenvalue weighted by Crippen LogP contribution is 2.26. The number of anilines is 1. The van der Waals surface area contributed by atoms with E-state index in [4.69, 9.17) is 9.47 Å². The highest BCUT2D eigenvalue weighted by atomic mass is 32.1. The summed E-state index contributed by atoms with van der Waals surface area (Å²) in [5.41, 5.74) is 0.879. The zero-order valence-electron chi connectivity index (χ0n) is 15.4. The van der Waals surface area contributed by atoms with E-state index in [9.17, 15) is 14.4 Å². The van der Waals surface area contributed by atoms with E-state index in [-0.39, 0.29) is 11.3 Å². The van der Waals surface area contributed by atoms with Gasteiger partial charge in [0.15, 0.2) is 6.61 Å². The Morgan fingerprint density at radius 3 is 2.45 bits per heavy atom. The number of methoxy groups -OCH3 is 1. The highest BCUT2D eigenvalue weighted by molar-refractivity contribution is 7.12. The topological polar surface area (TPSA) is 81.7 Å². The van der Waals surface area contributed by atoms with E-state index >= 15 is 0 Å². The number of amides is 1. The fraction of sp³-hybridized carbons (Fsp3) is 0.0952. The zero-order valence-corrected chi connectivity index (χ0v) is 17.0. The van der Waals surface area contributed by atoms with E-state index in [2.05, 4.69) is 5.32 Å². The van der Waals surface area contributed by atoms with Crippen molar-refractivity contribution in [2.75, 3.05) is 19.0 Å². The molecular weight excluding hydrogens is 410 g/mol. The highest BCUT2D eigenvalue weighted by Gasteiger charge is 2.18. The van der Waals surface area contributed by atoms with Crippen LogP contribution in [0.25, 0.3) is 11.6 Å². The second kappa shape index (κ2) is 9.81. The molecule has 0 saturated carbocycles. The smallest absolute Gasteiger partial charge is 0.340 e. The maximum Gasteiger partial charge on any atom is 0.340 e. The molecule has 8 heteroatoms. The summed E-state index contributed by atoms with van der Waals surface area (Å²) in [7, 11) is 1.26. The van der Waals surface area contributed by atoms with E-state index in [1.807, 2.05) is 35.0 Å². The van der Waals surface area contributed by atoms with E-state index in [1.54, 1.807) is 24.3 Å². The molecule has 0 fully saturated rings. The predicted octanol–water partition coefficient (Wildman–Crippen LogP) is 4.32. The van der Waals surface area contributed by atoms with Crippen molar-refractivity contribution < 1.29 is 23.9 Å². The normalized spacial score (nSPS) is 11.0. The van der Waals surface area contributed by atoms with Gasteiger partial charge in [-0.05, 0) is 41.1 Å². The van der Waals surface area contributed by atoms with Gasteiger partial charge in [0.25, 0.3) is 5.91 Å². The summed E-state index contributed by atoms with van der Waals surface area (Å²) in [5, 5.41) is 6.34. The lowest BCUT2D eigenvalue weighted by Crippen LogP contribution is -2.22. The summed E-state index contributed by atoms with van der Waals surface area (Å²) in [6.45, 7) is -0.485. The molecule has 0 spiro atoms. The SMILES string of the molecule is COC(=O)c1ccccc1NC(=O)COC(=O)/C(=C/c1cccs1)c1cccs1. The third-order valence-corrected chi connectivity index (χ3v) is 5.50. The number of carbonyl (C=O) groups is 3. The minimum atomic E-state index is -0.600. The van der Waals surface area contributed by atoms with Crippen molar-refractivity contribution in [2.45, 2.75) is 0 Å². The van der Waals surface area contributed by atoms with Gasteiger partial charge in [-0.25, -0.2) is 9.59 Å². The van der Waals surface area contributed by atoms with Crippen molar-refractivity contribution in [2.24, 2.45) is 0 Å². The van der Waals surface area contributed by atoms with Crippen molar-refractivity contribution in [3.63, 3.8) is 0 Å². The lowest BCUT2D eigenvalue weighted by atomic mass is 10.2. The number of hydrogen-bond acceptors (Lipinski definition) is 7. The Balaban J connectivity index is 1.68. The molecule has 0 aliphatic heterocycles. The van der Waals surface area contributed by atoms with Crippen LogP contribution in [0.15, 0.2) is 59.3 Å². The van der Waals surface area contributed by atoms with E-state index in [0.29, 0.717) is 5.57 Å². The largest absolute Gasteiger partial charge is 0.465 e. The minimum absolute atomic E-state index is 0.214. The number of benzene rings is 1. The van der Waals surface area contributed by atoms with Crippen LogP contribution in [0, 0.1) is 0 Å². The van der Waals surface area contributed by atoms with Crippen molar-refractivity contribution in [3.05, 3.63) is 74.6 Å². The maximum atomic E-state index is 12.6. The molecule has 3 rings (SSSR count).